The van der Waals surface area contributed by atoms with E-state index < -0.39 is 0 Å². The van der Waals surface area contributed by atoms with Crippen LogP contribution in [0.15, 0.2) is 59.5 Å². The molecule has 3 aromatic rings. The Kier molecular flexibility index (Phi) is 3.69. The summed E-state index contributed by atoms with van der Waals surface area (Å²) >= 11 is 0. The Morgan fingerprint density at radius 2 is 2.10 bits per heavy atom. The second-order valence-electron chi connectivity index (χ2n) is 4.88. The van der Waals surface area contributed by atoms with E-state index >= 15 is 0 Å². The molecule has 0 aliphatic carbocycles. The average Bonchev–Trinajstić information content (AvgIpc) is 3.03. The standard InChI is InChI=1S/C17H15FN2O/c1-12-5-6-13(7-16(12)18)9-20-15-4-2-3-14(8-15)17-10-19-11-21-17/h2-8,10-11,20H,9H2,1H3. The Balaban J connectivity index is 1.73. The van der Waals surface area contributed by atoms with Gasteiger partial charge in [-0.1, -0.05) is 24.3 Å². The molecule has 0 amide bonds. The summed E-state index contributed by atoms with van der Waals surface area (Å²) in [6.45, 7) is 2.32. The SMILES string of the molecule is Cc1ccc(CNc2cccc(-c3cnco3)c2)cc1F. The lowest BCUT2D eigenvalue weighted by Crippen LogP contribution is -2.00. The number of hydrogen-bond acceptors (Lipinski definition) is 3. The van der Waals surface area contributed by atoms with Crippen molar-refractivity contribution in [3.8, 4) is 11.3 Å². The molecule has 106 valence electrons. The topological polar surface area (TPSA) is 38.1 Å². The minimum Gasteiger partial charge on any atom is -0.444 e. The monoisotopic (exact) mass is 282 g/mol. The second kappa shape index (κ2) is 5.79. The number of nitrogens with one attached hydrogen (secondary N) is 1. The number of halogens is 1. The molecule has 0 radical (unpaired) electrons. The van der Waals surface area contributed by atoms with Crippen LogP contribution in [0.2, 0.25) is 0 Å². The average molecular weight is 282 g/mol. The minimum absolute atomic E-state index is 0.176. The fraction of sp³-hybridized carbons (Fsp3) is 0.118. The van der Waals surface area contributed by atoms with E-state index in [-0.39, 0.29) is 5.82 Å². The highest BCUT2D eigenvalue weighted by Crippen LogP contribution is 2.22. The molecule has 4 heteroatoms. The summed E-state index contributed by atoms with van der Waals surface area (Å²) in [6, 6.07) is 13.1. The molecular formula is C17H15FN2O. The quantitative estimate of drug-likeness (QED) is 0.770. The van der Waals surface area contributed by atoms with Gasteiger partial charge in [0, 0.05) is 17.8 Å². The van der Waals surface area contributed by atoms with Gasteiger partial charge in [-0.3, -0.25) is 0 Å². The van der Waals surface area contributed by atoms with E-state index in [9.17, 15) is 4.39 Å². The molecule has 1 heterocycles. The van der Waals surface area contributed by atoms with Crippen molar-refractivity contribution in [2.45, 2.75) is 13.5 Å². The van der Waals surface area contributed by atoms with Gasteiger partial charge in [-0.2, -0.15) is 0 Å². The van der Waals surface area contributed by atoms with Crippen molar-refractivity contribution in [2.24, 2.45) is 0 Å². The first-order chi connectivity index (χ1) is 10.2. The van der Waals surface area contributed by atoms with Crippen LogP contribution in [0.4, 0.5) is 10.1 Å². The third kappa shape index (κ3) is 3.11. The molecule has 1 aromatic heterocycles. The van der Waals surface area contributed by atoms with Gasteiger partial charge in [0.25, 0.3) is 0 Å². The summed E-state index contributed by atoms with van der Waals surface area (Å²) in [5.41, 5.74) is 3.46. The Morgan fingerprint density at radius 1 is 1.19 bits per heavy atom. The fourth-order valence-corrected chi connectivity index (χ4v) is 2.09. The lowest BCUT2D eigenvalue weighted by atomic mass is 10.1. The van der Waals surface area contributed by atoms with Gasteiger partial charge in [0.05, 0.1) is 6.20 Å². The van der Waals surface area contributed by atoms with Crippen LogP contribution in [0.3, 0.4) is 0 Å². The normalized spacial score (nSPS) is 10.6. The highest BCUT2D eigenvalue weighted by molar-refractivity contribution is 5.63. The third-order valence-electron chi connectivity index (χ3n) is 3.31. The number of nitrogens with zero attached hydrogens (tertiary/aromatic N) is 1. The van der Waals surface area contributed by atoms with Gasteiger partial charge in [0.15, 0.2) is 12.2 Å². The maximum Gasteiger partial charge on any atom is 0.181 e. The molecule has 0 spiro atoms. The van der Waals surface area contributed by atoms with E-state index in [4.69, 9.17) is 4.42 Å². The van der Waals surface area contributed by atoms with E-state index in [1.165, 1.54) is 6.39 Å². The van der Waals surface area contributed by atoms with Crippen LogP contribution >= 0.6 is 0 Å². The molecule has 0 atom stereocenters. The van der Waals surface area contributed by atoms with Crippen molar-refractivity contribution < 1.29 is 8.81 Å². The number of rotatable bonds is 4. The fourth-order valence-electron chi connectivity index (χ4n) is 2.09. The molecule has 0 saturated heterocycles. The zero-order valence-electron chi connectivity index (χ0n) is 11.6. The van der Waals surface area contributed by atoms with Crippen LogP contribution in [0.5, 0.6) is 0 Å². The maximum absolute atomic E-state index is 13.5. The lowest BCUT2D eigenvalue weighted by Gasteiger charge is -2.08. The molecule has 0 bridgehead atoms. The molecule has 2 aromatic carbocycles. The Morgan fingerprint density at radius 3 is 2.86 bits per heavy atom. The van der Waals surface area contributed by atoms with Crippen LogP contribution in [-0.2, 0) is 6.54 Å². The molecule has 0 aliphatic heterocycles. The van der Waals surface area contributed by atoms with Crippen molar-refractivity contribution in [2.75, 3.05) is 5.32 Å². The summed E-state index contributed by atoms with van der Waals surface area (Å²) in [5.74, 6) is 0.546. The molecule has 0 unspecified atom stereocenters. The number of aromatic nitrogens is 1. The zero-order valence-corrected chi connectivity index (χ0v) is 11.6. The number of hydrogen-bond donors (Lipinski definition) is 1. The largest absolute Gasteiger partial charge is 0.444 e. The van der Waals surface area contributed by atoms with E-state index in [2.05, 4.69) is 10.3 Å². The van der Waals surface area contributed by atoms with Gasteiger partial charge in [0.1, 0.15) is 5.82 Å². The summed E-state index contributed by atoms with van der Waals surface area (Å²) in [7, 11) is 0. The predicted molar refractivity (Wildman–Crippen MR) is 80.4 cm³/mol. The van der Waals surface area contributed by atoms with Crippen LogP contribution in [-0.4, -0.2) is 4.98 Å². The number of benzene rings is 2. The van der Waals surface area contributed by atoms with E-state index in [0.717, 1.165) is 22.6 Å². The Hall–Kier alpha value is -2.62. The van der Waals surface area contributed by atoms with Crippen LogP contribution < -0.4 is 5.32 Å². The van der Waals surface area contributed by atoms with Crippen molar-refractivity contribution >= 4 is 5.69 Å². The first-order valence-electron chi connectivity index (χ1n) is 6.70. The molecular weight excluding hydrogens is 267 g/mol. The van der Waals surface area contributed by atoms with Crippen molar-refractivity contribution in [3.05, 3.63) is 72.0 Å². The van der Waals surface area contributed by atoms with Gasteiger partial charge in [-0.15, -0.1) is 0 Å². The van der Waals surface area contributed by atoms with E-state index in [0.29, 0.717) is 12.1 Å². The zero-order chi connectivity index (χ0) is 14.7. The summed E-state index contributed by atoms with van der Waals surface area (Å²) in [4.78, 5) is 3.91. The van der Waals surface area contributed by atoms with Gasteiger partial charge >= 0.3 is 0 Å². The van der Waals surface area contributed by atoms with Crippen molar-refractivity contribution in [3.63, 3.8) is 0 Å². The van der Waals surface area contributed by atoms with Crippen molar-refractivity contribution in [1.82, 2.24) is 4.98 Å². The Bertz CT molecular complexity index is 738. The number of oxazole rings is 1. The molecule has 3 rings (SSSR count). The highest BCUT2D eigenvalue weighted by Gasteiger charge is 2.03. The predicted octanol–water partition coefficient (Wildman–Crippen LogP) is 4.40. The van der Waals surface area contributed by atoms with E-state index in [1.807, 2.05) is 30.3 Å². The van der Waals surface area contributed by atoms with Gasteiger partial charge in [0.2, 0.25) is 0 Å². The molecule has 21 heavy (non-hydrogen) atoms. The minimum atomic E-state index is -0.176. The molecule has 0 aliphatic rings. The first-order valence-corrected chi connectivity index (χ1v) is 6.70. The summed E-state index contributed by atoms with van der Waals surface area (Å²) < 4.78 is 18.8. The first kappa shape index (κ1) is 13.4. The van der Waals surface area contributed by atoms with Gasteiger partial charge < -0.3 is 9.73 Å². The van der Waals surface area contributed by atoms with Crippen LogP contribution in [0, 0.1) is 12.7 Å². The van der Waals surface area contributed by atoms with Crippen LogP contribution in [0.25, 0.3) is 11.3 Å². The Labute approximate surface area is 122 Å². The highest BCUT2D eigenvalue weighted by atomic mass is 19.1. The number of aryl methyl sites for hydroxylation is 1. The molecule has 1 N–H and O–H groups in total. The third-order valence-corrected chi connectivity index (χ3v) is 3.31. The van der Waals surface area contributed by atoms with E-state index in [1.54, 1.807) is 25.3 Å². The van der Waals surface area contributed by atoms with Gasteiger partial charge in [-0.25, -0.2) is 9.37 Å². The summed E-state index contributed by atoms with van der Waals surface area (Å²) in [6.07, 6.45) is 3.08. The summed E-state index contributed by atoms with van der Waals surface area (Å²) in [5, 5.41) is 3.28. The lowest BCUT2D eigenvalue weighted by molar-refractivity contribution is 0.572. The maximum atomic E-state index is 13.5. The second-order valence-corrected chi connectivity index (χ2v) is 4.88. The molecule has 0 fully saturated rings. The van der Waals surface area contributed by atoms with Gasteiger partial charge in [-0.05, 0) is 36.2 Å². The molecule has 3 nitrogen and oxygen atoms in total. The smallest absolute Gasteiger partial charge is 0.181 e. The van der Waals surface area contributed by atoms with Crippen LogP contribution in [0.1, 0.15) is 11.1 Å². The van der Waals surface area contributed by atoms with Crippen molar-refractivity contribution in [1.29, 1.82) is 0 Å². The molecule has 0 saturated carbocycles. The number of anilines is 1.